The summed E-state index contributed by atoms with van der Waals surface area (Å²) in [5, 5.41) is 12.5. The molecule has 28 heavy (non-hydrogen) atoms. The van der Waals surface area contributed by atoms with Crippen LogP contribution in [0.2, 0.25) is 0 Å². The van der Waals surface area contributed by atoms with Gasteiger partial charge in [0, 0.05) is 25.8 Å². The maximum absolute atomic E-state index is 12.5. The fourth-order valence-electron chi connectivity index (χ4n) is 3.09. The molecule has 2 N–H and O–H groups in total. The van der Waals surface area contributed by atoms with Crippen molar-refractivity contribution in [3.8, 4) is 5.75 Å². The number of aliphatic carboxylic acids is 1. The summed E-state index contributed by atoms with van der Waals surface area (Å²) in [4.78, 5) is 25.3. The number of para-hydroxylation sites is 1. The Labute approximate surface area is 163 Å². The van der Waals surface area contributed by atoms with E-state index >= 15 is 0 Å². The predicted octanol–water partition coefficient (Wildman–Crippen LogP) is 2.62. The Kier molecular flexibility index (Phi) is 6.16. The van der Waals surface area contributed by atoms with Crippen molar-refractivity contribution in [1.29, 1.82) is 0 Å². The number of carbonyl (C=O) groups is 2. The van der Waals surface area contributed by atoms with E-state index in [4.69, 9.17) is 9.47 Å². The molecule has 7 nitrogen and oxygen atoms in total. The van der Waals surface area contributed by atoms with Gasteiger partial charge in [0.05, 0.1) is 5.56 Å². The molecular weight excluding hydrogens is 360 g/mol. The zero-order valence-electron chi connectivity index (χ0n) is 15.9. The summed E-state index contributed by atoms with van der Waals surface area (Å²) in [6.45, 7) is 2.40. The summed E-state index contributed by atoms with van der Waals surface area (Å²) in [5.74, 6) is -0.374. The summed E-state index contributed by atoms with van der Waals surface area (Å²) >= 11 is 0. The van der Waals surface area contributed by atoms with Crippen LogP contribution < -0.4 is 10.1 Å². The second-order valence-electron chi connectivity index (χ2n) is 6.56. The van der Waals surface area contributed by atoms with Gasteiger partial charge in [-0.1, -0.05) is 24.3 Å². The van der Waals surface area contributed by atoms with E-state index in [9.17, 15) is 14.7 Å². The number of fused-ring (bicyclic) bond motifs is 1. The van der Waals surface area contributed by atoms with Crippen molar-refractivity contribution in [3.05, 3.63) is 59.7 Å². The predicted molar refractivity (Wildman–Crippen MR) is 105 cm³/mol. The highest BCUT2D eigenvalue weighted by Gasteiger charge is 2.29. The number of anilines is 1. The first-order valence-electron chi connectivity index (χ1n) is 9.18. The zero-order valence-corrected chi connectivity index (χ0v) is 15.9. The van der Waals surface area contributed by atoms with Crippen LogP contribution in [0, 0.1) is 0 Å². The average Bonchev–Trinajstić information content (AvgIpc) is 2.70. The second-order valence-corrected chi connectivity index (χ2v) is 6.56. The van der Waals surface area contributed by atoms with E-state index in [1.807, 2.05) is 30.3 Å². The summed E-state index contributed by atoms with van der Waals surface area (Å²) < 4.78 is 11.1. The van der Waals surface area contributed by atoms with Crippen molar-refractivity contribution in [1.82, 2.24) is 4.90 Å². The van der Waals surface area contributed by atoms with E-state index in [0.717, 1.165) is 11.3 Å². The molecule has 2 aromatic carbocycles. The molecule has 0 aliphatic carbocycles. The lowest BCUT2D eigenvalue weighted by Gasteiger charge is -2.35. The third-order valence-corrected chi connectivity index (χ3v) is 4.66. The molecule has 0 bridgehead atoms. The first-order valence-corrected chi connectivity index (χ1v) is 9.18. The smallest absolute Gasteiger partial charge is 0.333 e. The number of likely N-dealkylation sites (N-methyl/N-ethyl adjacent to an activating group) is 1. The minimum absolute atomic E-state index is 0.0473. The lowest BCUT2D eigenvalue weighted by atomic mass is 10.1. The van der Waals surface area contributed by atoms with E-state index < -0.39 is 12.1 Å². The summed E-state index contributed by atoms with van der Waals surface area (Å²) in [6, 6.07) is 14.6. The topological polar surface area (TPSA) is 88.1 Å². The number of amides is 1. The van der Waals surface area contributed by atoms with Gasteiger partial charge in [-0.2, -0.15) is 0 Å². The number of benzene rings is 2. The fraction of sp³-hybridized carbons (Fsp3) is 0.333. The molecule has 1 aliphatic rings. The SMILES string of the molecule is CCOC(Cc1ccc(OCC2Nc3ccccc3C(=O)N2C)cc1)C(=O)O. The third kappa shape index (κ3) is 4.43. The quantitative estimate of drug-likeness (QED) is 0.727. The number of ether oxygens (including phenoxy) is 2. The molecule has 1 amide bonds. The van der Waals surface area contributed by atoms with Gasteiger partial charge >= 0.3 is 5.97 Å². The highest BCUT2D eigenvalue weighted by molar-refractivity contribution is 6.01. The van der Waals surface area contributed by atoms with Crippen LogP contribution in [-0.2, 0) is 16.0 Å². The van der Waals surface area contributed by atoms with Crippen LogP contribution in [0.4, 0.5) is 5.69 Å². The van der Waals surface area contributed by atoms with Crippen LogP contribution in [0.3, 0.4) is 0 Å². The molecular formula is C21H24N2O5. The maximum Gasteiger partial charge on any atom is 0.333 e. The van der Waals surface area contributed by atoms with Gasteiger partial charge in [-0.05, 0) is 36.8 Å². The van der Waals surface area contributed by atoms with Crippen molar-refractivity contribution in [2.75, 3.05) is 25.6 Å². The molecule has 1 aliphatic heterocycles. The van der Waals surface area contributed by atoms with Crippen LogP contribution in [0.25, 0.3) is 0 Å². The van der Waals surface area contributed by atoms with Gasteiger partial charge in [0.25, 0.3) is 5.91 Å². The highest BCUT2D eigenvalue weighted by atomic mass is 16.5. The van der Waals surface area contributed by atoms with E-state index in [1.165, 1.54) is 0 Å². The lowest BCUT2D eigenvalue weighted by Crippen LogP contribution is -2.49. The van der Waals surface area contributed by atoms with Crippen molar-refractivity contribution >= 4 is 17.6 Å². The van der Waals surface area contributed by atoms with E-state index in [2.05, 4.69) is 5.32 Å². The van der Waals surface area contributed by atoms with Gasteiger partial charge in [-0.3, -0.25) is 4.79 Å². The molecule has 2 aromatic rings. The first-order chi connectivity index (χ1) is 13.5. The van der Waals surface area contributed by atoms with E-state index in [-0.39, 0.29) is 18.7 Å². The standard InChI is InChI=1S/C21H24N2O5/c1-3-27-18(21(25)26)12-14-8-10-15(11-9-14)28-13-19-22-17-7-5-4-6-16(17)20(24)23(19)2/h4-11,18-19,22H,3,12-13H2,1-2H3,(H,25,26). The molecule has 0 fully saturated rings. The average molecular weight is 384 g/mol. The number of carbonyl (C=O) groups excluding carboxylic acids is 1. The van der Waals surface area contributed by atoms with Crippen LogP contribution in [0.1, 0.15) is 22.8 Å². The number of hydrogen-bond acceptors (Lipinski definition) is 5. The fourth-order valence-corrected chi connectivity index (χ4v) is 3.09. The number of nitrogens with zero attached hydrogens (tertiary/aromatic N) is 1. The molecule has 0 aromatic heterocycles. The largest absolute Gasteiger partial charge is 0.489 e. The van der Waals surface area contributed by atoms with E-state index in [0.29, 0.717) is 24.3 Å². The minimum Gasteiger partial charge on any atom is -0.489 e. The Balaban J connectivity index is 1.59. The van der Waals surface area contributed by atoms with Crippen LogP contribution >= 0.6 is 0 Å². The molecule has 2 atom stereocenters. The minimum atomic E-state index is -0.974. The molecule has 0 saturated carbocycles. The lowest BCUT2D eigenvalue weighted by molar-refractivity contribution is -0.149. The first kappa shape index (κ1) is 19.7. The number of hydrogen-bond donors (Lipinski definition) is 2. The van der Waals surface area contributed by atoms with Crippen molar-refractivity contribution in [3.63, 3.8) is 0 Å². The van der Waals surface area contributed by atoms with Gasteiger partial charge in [-0.15, -0.1) is 0 Å². The number of carboxylic acids is 1. The number of carboxylic acid groups (broad SMARTS) is 1. The highest BCUT2D eigenvalue weighted by Crippen LogP contribution is 2.24. The van der Waals surface area contributed by atoms with Gasteiger partial charge < -0.3 is 24.8 Å². The molecule has 148 valence electrons. The van der Waals surface area contributed by atoms with Crippen molar-refractivity contribution < 1.29 is 24.2 Å². The molecule has 2 unspecified atom stereocenters. The Hall–Kier alpha value is -3.06. The second kappa shape index (κ2) is 8.75. The summed E-state index contributed by atoms with van der Waals surface area (Å²) in [5.41, 5.74) is 2.29. The van der Waals surface area contributed by atoms with E-state index in [1.54, 1.807) is 37.1 Å². The van der Waals surface area contributed by atoms with Crippen LogP contribution in [0.15, 0.2) is 48.5 Å². The van der Waals surface area contributed by atoms with Gasteiger partial charge in [-0.25, -0.2) is 4.79 Å². The van der Waals surface area contributed by atoms with Crippen LogP contribution in [-0.4, -0.2) is 54.4 Å². The maximum atomic E-state index is 12.5. The molecule has 3 rings (SSSR count). The monoisotopic (exact) mass is 384 g/mol. The Morgan fingerprint density at radius 3 is 2.61 bits per heavy atom. The number of nitrogens with one attached hydrogen (secondary N) is 1. The zero-order chi connectivity index (χ0) is 20.1. The van der Waals surface area contributed by atoms with Crippen molar-refractivity contribution in [2.45, 2.75) is 25.6 Å². The van der Waals surface area contributed by atoms with Gasteiger partial charge in [0.2, 0.25) is 0 Å². The van der Waals surface area contributed by atoms with Crippen molar-refractivity contribution in [2.24, 2.45) is 0 Å². The molecule has 0 spiro atoms. The van der Waals surface area contributed by atoms with Gasteiger partial charge in [0.1, 0.15) is 18.5 Å². The molecule has 1 heterocycles. The Morgan fingerprint density at radius 2 is 1.93 bits per heavy atom. The van der Waals surface area contributed by atoms with Crippen LogP contribution in [0.5, 0.6) is 5.75 Å². The Bertz CT molecular complexity index is 837. The molecule has 0 saturated heterocycles. The summed E-state index contributed by atoms with van der Waals surface area (Å²) in [6.07, 6.45) is -0.846. The summed E-state index contributed by atoms with van der Waals surface area (Å²) in [7, 11) is 1.74. The Morgan fingerprint density at radius 1 is 1.21 bits per heavy atom. The van der Waals surface area contributed by atoms with Gasteiger partial charge in [0.15, 0.2) is 6.10 Å². The molecule has 0 radical (unpaired) electrons. The normalized spacial score (nSPS) is 16.9. The molecule has 7 heteroatoms. The third-order valence-electron chi connectivity index (χ3n) is 4.66. The number of rotatable bonds is 8.